The summed E-state index contributed by atoms with van der Waals surface area (Å²) in [6, 6.07) is 10.9. The summed E-state index contributed by atoms with van der Waals surface area (Å²) in [5.41, 5.74) is 2.35. The molecule has 0 fully saturated rings. The first-order valence-electron chi connectivity index (χ1n) is 6.03. The SMILES string of the molecule is Clc1ncc(NC2CCSc3ccccc32)cc1Br. The first-order chi connectivity index (χ1) is 9.24. The number of pyridine rings is 1. The van der Waals surface area contributed by atoms with Gasteiger partial charge in [0.05, 0.1) is 22.4 Å². The molecule has 0 saturated heterocycles. The predicted molar refractivity (Wildman–Crippen MR) is 85.1 cm³/mol. The molecule has 1 aliphatic rings. The summed E-state index contributed by atoms with van der Waals surface area (Å²) in [7, 11) is 0. The molecule has 2 aromatic rings. The third kappa shape index (κ3) is 2.91. The molecular weight excluding hydrogens is 344 g/mol. The molecule has 2 nitrogen and oxygen atoms in total. The van der Waals surface area contributed by atoms with Gasteiger partial charge < -0.3 is 5.32 Å². The summed E-state index contributed by atoms with van der Waals surface area (Å²) in [6.45, 7) is 0. The first-order valence-corrected chi connectivity index (χ1v) is 8.19. The molecule has 5 heteroatoms. The van der Waals surface area contributed by atoms with Gasteiger partial charge in [-0.2, -0.15) is 0 Å². The zero-order valence-corrected chi connectivity index (χ0v) is 13.2. The highest BCUT2D eigenvalue weighted by Crippen LogP contribution is 2.38. The van der Waals surface area contributed by atoms with Crippen molar-refractivity contribution in [3.05, 3.63) is 51.7 Å². The summed E-state index contributed by atoms with van der Waals surface area (Å²) < 4.78 is 0.817. The Hall–Kier alpha value is -0.710. The van der Waals surface area contributed by atoms with Crippen molar-refractivity contribution >= 4 is 45.0 Å². The molecule has 98 valence electrons. The van der Waals surface area contributed by atoms with Gasteiger partial charge in [-0.15, -0.1) is 11.8 Å². The summed E-state index contributed by atoms with van der Waals surface area (Å²) in [5, 5.41) is 4.03. The van der Waals surface area contributed by atoms with Crippen LogP contribution in [0.25, 0.3) is 0 Å². The lowest BCUT2D eigenvalue weighted by atomic mass is 10.0. The van der Waals surface area contributed by atoms with Gasteiger partial charge in [0.25, 0.3) is 0 Å². The van der Waals surface area contributed by atoms with E-state index in [0.29, 0.717) is 11.2 Å². The Kier molecular flexibility index (Phi) is 4.01. The van der Waals surface area contributed by atoms with Crippen molar-refractivity contribution in [3.63, 3.8) is 0 Å². The van der Waals surface area contributed by atoms with Crippen LogP contribution in [0.3, 0.4) is 0 Å². The van der Waals surface area contributed by atoms with E-state index >= 15 is 0 Å². The molecule has 0 bridgehead atoms. The Morgan fingerprint density at radius 1 is 1.37 bits per heavy atom. The molecule has 3 rings (SSSR count). The van der Waals surface area contributed by atoms with Crippen molar-refractivity contribution in [2.75, 3.05) is 11.1 Å². The van der Waals surface area contributed by atoms with E-state index in [2.05, 4.69) is 50.5 Å². The van der Waals surface area contributed by atoms with Crippen LogP contribution in [0.4, 0.5) is 5.69 Å². The van der Waals surface area contributed by atoms with E-state index in [9.17, 15) is 0 Å². The standard InChI is InChI=1S/C14H12BrClN2S/c15-11-7-9(8-17-14(11)16)18-12-5-6-19-13-4-2-1-3-10(12)13/h1-4,7-8,12,18H,5-6H2. The topological polar surface area (TPSA) is 24.9 Å². The third-order valence-corrected chi connectivity index (χ3v) is 5.35. The van der Waals surface area contributed by atoms with Crippen LogP contribution >= 0.6 is 39.3 Å². The van der Waals surface area contributed by atoms with E-state index in [1.54, 1.807) is 6.20 Å². The normalized spacial score (nSPS) is 17.9. The lowest BCUT2D eigenvalue weighted by Gasteiger charge is -2.26. The van der Waals surface area contributed by atoms with Crippen LogP contribution in [0.5, 0.6) is 0 Å². The fourth-order valence-electron chi connectivity index (χ4n) is 2.19. The van der Waals surface area contributed by atoms with Crippen LogP contribution < -0.4 is 5.32 Å². The number of thioether (sulfide) groups is 1. The fraction of sp³-hybridized carbons (Fsp3) is 0.214. The summed E-state index contributed by atoms with van der Waals surface area (Å²) in [6.07, 6.45) is 2.89. The molecule has 1 aliphatic heterocycles. The van der Waals surface area contributed by atoms with Gasteiger partial charge in [-0.1, -0.05) is 29.8 Å². The molecule has 1 aromatic carbocycles. The van der Waals surface area contributed by atoms with Gasteiger partial charge in [0.2, 0.25) is 0 Å². The number of fused-ring (bicyclic) bond motifs is 1. The van der Waals surface area contributed by atoms with Crippen molar-refractivity contribution in [2.45, 2.75) is 17.4 Å². The lowest BCUT2D eigenvalue weighted by molar-refractivity contribution is 0.728. The number of nitrogens with one attached hydrogen (secondary N) is 1. The van der Waals surface area contributed by atoms with Gasteiger partial charge in [0.15, 0.2) is 0 Å². The van der Waals surface area contributed by atoms with Crippen molar-refractivity contribution in [3.8, 4) is 0 Å². The molecule has 1 N–H and O–H groups in total. The number of hydrogen-bond donors (Lipinski definition) is 1. The van der Waals surface area contributed by atoms with E-state index in [1.165, 1.54) is 10.5 Å². The van der Waals surface area contributed by atoms with Gasteiger partial charge in [0.1, 0.15) is 5.15 Å². The molecule has 0 saturated carbocycles. The van der Waals surface area contributed by atoms with Gasteiger partial charge >= 0.3 is 0 Å². The molecule has 2 heterocycles. The second-order valence-corrected chi connectivity index (χ2v) is 6.72. The number of halogens is 2. The Morgan fingerprint density at radius 3 is 3.05 bits per heavy atom. The molecule has 0 radical (unpaired) electrons. The number of hydrogen-bond acceptors (Lipinski definition) is 3. The fourth-order valence-corrected chi connectivity index (χ4v) is 3.77. The second-order valence-electron chi connectivity index (χ2n) is 4.37. The largest absolute Gasteiger partial charge is 0.377 e. The van der Waals surface area contributed by atoms with Gasteiger partial charge in [-0.05, 0) is 40.0 Å². The monoisotopic (exact) mass is 354 g/mol. The van der Waals surface area contributed by atoms with E-state index < -0.39 is 0 Å². The maximum Gasteiger partial charge on any atom is 0.143 e. The highest BCUT2D eigenvalue weighted by Gasteiger charge is 2.20. The Balaban J connectivity index is 1.86. The Morgan fingerprint density at radius 2 is 2.21 bits per heavy atom. The third-order valence-electron chi connectivity index (χ3n) is 3.10. The maximum atomic E-state index is 5.92. The minimum atomic E-state index is 0.340. The maximum absolute atomic E-state index is 5.92. The summed E-state index contributed by atoms with van der Waals surface area (Å²) >= 11 is 11.2. The highest BCUT2D eigenvalue weighted by atomic mass is 79.9. The summed E-state index contributed by atoms with van der Waals surface area (Å²) in [4.78, 5) is 5.52. The predicted octanol–water partition coefficient (Wildman–Crippen LogP) is 5.15. The van der Waals surface area contributed by atoms with E-state index in [0.717, 1.165) is 22.3 Å². The average molecular weight is 356 g/mol. The molecule has 19 heavy (non-hydrogen) atoms. The first kappa shape index (κ1) is 13.3. The minimum absolute atomic E-state index is 0.340. The number of nitrogens with zero attached hydrogens (tertiary/aromatic N) is 1. The Labute approximate surface area is 130 Å². The minimum Gasteiger partial charge on any atom is -0.377 e. The van der Waals surface area contributed by atoms with Crippen LogP contribution in [0, 0.1) is 0 Å². The zero-order chi connectivity index (χ0) is 13.2. The van der Waals surface area contributed by atoms with Gasteiger partial charge in [0, 0.05) is 10.6 Å². The van der Waals surface area contributed by atoms with Crippen LogP contribution in [0.15, 0.2) is 45.9 Å². The van der Waals surface area contributed by atoms with Crippen LogP contribution in [-0.2, 0) is 0 Å². The van der Waals surface area contributed by atoms with E-state index in [4.69, 9.17) is 11.6 Å². The van der Waals surface area contributed by atoms with E-state index in [1.807, 2.05) is 17.8 Å². The van der Waals surface area contributed by atoms with Gasteiger partial charge in [-0.3, -0.25) is 0 Å². The van der Waals surface area contributed by atoms with Crippen molar-refractivity contribution in [1.82, 2.24) is 4.98 Å². The quantitative estimate of drug-likeness (QED) is 0.754. The number of anilines is 1. The van der Waals surface area contributed by atoms with Crippen LogP contribution in [0.1, 0.15) is 18.0 Å². The molecule has 0 aliphatic carbocycles. The zero-order valence-electron chi connectivity index (χ0n) is 10.1. The molecule has 1 unspecified atom stereocenters. The van der Waals surface area contributed by atoms with Crippen LogP contribution in [0.2, 0.25) is 5.15 Å². The van der Waals surface area contributed by atoms with Gasteiger partial charge in [-0.25, -0.2) is 4.98 Å². The number of aromatic nitrogens is 1. The van der Waals surface area contributed by atoms with Crippen molar-refractivity contribution < 1.29 is 0 Å². The van der Waals surface area contributed by atoms with Crippen LogP contribution in [-0.4, -0.2) is 10.7 Å². The molecule has 1 aromatic heterocycles. The van der Waals surface area contributed by atoms with Crippen molar-refractivity contribution in [2.24, 2.45) is 0 Å². The Bertz CT molecular complexity index is 606. The smallest absolute Gasteiger partial charge is 0.143 e. The van der Waals surface area contributed by atoms with E-state index in [-0.39, 0.29) is 0 Å². The second kappa shape index (κ2) is 5.73. The number of rotatable bonds is 2. The summed E-state index contributed by atoms with van der Waals surface area (Å²) in [5.74, 6) is 1.14. The van der Waals surface area contributed by atoms with Crippen molar-refractivity contribution in [1.29, 1.82) is 0 Å². The lowest BCUT2D eigenvalue weighted by Crippen LogP contribution is -2.16. The molecular formula is C14H12BrClN2S. The molecule has 0 amide bonds. The molecule has 0 spiro atoms. The average Bonchev–Trinajstić information content (AvgIpc) is 2.43. The molecule has 1 atom stereocenters. The highest BCUT2D eigenvalue weighted by molar-refractivity contribution is 9.10. The number of benzene rings is 1.